The van der Waals surface area contributed by atoms with Gasteiger partial charge in [0.2, 0.25) is 5.91 Å². The molecule has 0 saturated heterocycles. The summed E-state index contributed by atoms with van der Waals surface area (Å²) >= 11 is 1.48. The first-order valence-corrected chi connectivity index (χ1v) is 12.0. The lowest BCUT2D eigenvalue weighted by Gasteiger charge is -2.14. The molecule has 0 fully saturated rings. The van der Waals surface area contributed by atoms with Crippen molar-refractivity contribution >= 4 is 34.4 Å². The predicted octanol–water partition coefficient (Wildman–Crippen LogP) is 4.16. The van der Waals surface area contributed by atoms with E-state index in [1.807, 2.05) is 60.2 Å². The van der Waals surface area contributed by atoms with Crippen molar-refractivity contribution in [1.82, 2.24) is 19.7 Å². The van der Waals surface area contributed by atoms with Gasteiger partial charge in [0.1, 0.15) is 12.9 Å². The highest BCUT2D eigenvalue weighted by molar-refractivity contribution is 7.19. The molecule has 178 valence electrons. The normalized spacial score (nSPS) is 12.3. The number of pyridine rings is 1. The summed E-state index contributed by atoms with van der Waals surface area (Å²) in [5.74, 6) is 0.755. The molecule has 1 aromatic carbocycles. The fourth-order valence-corrected chi connectivity index (χ4v) is 5.21. The first-order valence-electron chi connectivity index (χ1n) is 11.1. The minimum Gasteiger partial charge on any atom is -0.399 e. The van der Waals surface area contributed by atoms with Gasteiger partial charge in [0.15, 0.2) is 5.13 Å². The molecule has 0 unspecified atom stereocenters. The van der Waals surface area contributed by atoms with Crippen LogP contribution in [-0.2, 0) is 22.5 Å². The van der Waals surface area contributed by atoms with Crippen LogP contribution in [0.1, 0.15) is 23.7 Å². The van der Waals surface area contributed by atoms with Gasteiger partial charge in [-0.3, -0.25) is 4.79 Å². The molecule has 1 N–H and O–H groups in total. The van der Waals surface area contributed by atoms with Crippen molar-refractivity contribution < 1.29 is 9.63 Å². The number of amides is 1. The minimum absolute atomic E-state index is 0.133. The molecule has 0 saturated carbocycles. The lowest BCUT2D eigenvalue weighted by atomic mass is 9.95. The average molecular weight is 488 g/mol. The zero-order valence-corrected chi connectivity index (χ0v) is 20.8. The lowest BCUT2D eigenvalue weighted by Crippen LogP contribution is -2.10. The summed E-state index contributed by atoms with van der Waals surface area (Å²) in [6.45, 7) is 1.49. The van der Waals surface area contributed by atoms with E-state index >= 15 is 0 Å². The smallest absolute Gasteiger partial charge is 0.223 e. The van der Waals surface area contributed by atoms with Gasteiger partial charge in [-0.25, -0.2) is 14.6 Å². The number of anilines is 2. The van der Waals surface area contributed by atoms with Gasteiger partial charge in [-0.1, -0.05) is 28.6 Å². The third-order valence-electron chi connectivity index (χ3n) is 5.72. The van der Waals surface area contributed by atoms with E-state index in [1.165, 1.54) is 25.4 Å². The number of nitrogens with zero attached hydrogens (tertiary/aromatic N) is 6. The van der Waals surface area contributed by atoms with E-state index in [2.05, 4.69) is 26.5 Å². The molecule has 3 aromatic heterocycles. The second-order valence-electron chi connectivity index (χ2n) is 8.37. The second kappa shape index (κ2) is 9.30. The number of fused-ring (bicyclic) bond motifs is 3. The molecule has 5 rings (SSSR count). The molecular weight excluding hydrogens is 462 g/mol. The maximum absolute atomic E-state index is 11.6. The Bertz CT molecular complexity index is 1400. The van der Waals surface area contributed by atoms with E-state index in [-0.39, 0.29) is 5.91 Å². The Hall–Kier alpha value is -4.05. The summed E-state index contributed by atoms with van der Waals surface area (Å²) in [5.41, 5.74) is 6.84. The third kappa shape index (κ3) is 4.40. The van der Waals surface area contributed by atoms with Crippen molar-refractivity contribution in [3.8, 4) is 27.5 Å². The van der Waals surface area contributed by atoms with E-state index in [0.717, 1.165) is 63.0 Å². The topological polar surface area (TPSA) is 97.5 Å². The maximum atomic E-state index is 11.6. The number of aromatic nitrogens is 4. The number of benzene rings is 1. The van der Waals surface area contributed by atoms with Crippen LogP contribution in [0.15, 0.2) is 47.8 Å². The molecule has 1 aliphatic carbocycles. The van der Waals surface area contributed by atoms with E-state index in [0.29, 0.717) is 5.13 Å². The van der Waals surface area contributed by atoms with Crippen LogP contribution in [-0.4, -0.2) is 53.1 Å². The molecule has 0 bridgehead atoms. The van der Waals surface area contributed by atoms with Crippen LogP contribution in [0, 0.1) is 0 Å². The van der Waals surface area contributed by atoms with Crippen molar-refractivity contribution in [3.05, 3.63) is 59.4 Å². The maximum Gasteiger partial charge on any atom is 0.223 e. The molecule has 1 aliphatic rings. The number of thiazole rings is 1. The first kappa shape index (κ1) is 22.7. The first-order chi connectivity index (χ1) is 16.9. The van der Waals surface area contributed by atoms with Crippen molar-refractivity contribution in [1.29, 1.82) is 0 Å². The summed E-state index contributed by atoms with van der Waals surface area (Å²) in [7, 11) is 5.46. The van der Waals surface area contributed by atoms with Crippen LogP contribution in [0.4, 0.5) is 10.9 Å². The van der Waals surface area contributed by atoms with Crippen LogP contribution in [0.5, 0.6) is 0 Å². The number of carbonyl (C=O) groups is 1. The largest absolute Gasteiger partial charge is 0.399 e. The Morgan fingerprint density at radius 1 is 1.20 bits per heavy atom. The molecule has 4 aromatic rings. The van der Waals surface area contributed by atoms with E-state index in [4.69, 9.17) is 9.94 Å². The van der Waals surface area contributed by atoms with Crippen LogP contribution in [0.25, 0.3) is 27.5 Å². The van der Waals surface area contributed by atoms with Crippen molar-refractivity contribution in [2.75, 3.05) is 31.4 Å². The summed E-state index contributed by atoms with van der Waals surface area (Å²) in [6.07, 6.45) is 5.12. The van der Waals surface area contributed by atoms with E-state index in [9.17, 15) is 4.79 Å². The highest BCUT2D eigenvalue weighted by atomic mass is 32.1. The SMILES string of the molecule is CO/N=C/c1ccc(-n2nc(-c3ccc(N(C)C)nc3)c3c2-c2sc(NC(C)=O)nc2CC3)cc1. The van der Waals surface area contributed by atoms with Crippen LogP contribution in [0.2, 0.25) is 0 Å². The van der Waals surface area contributed by atoms with E-state index in [1.54, 1.807) is 6.21 Å². The van der Waals surface area contributed by atoms with Crippen LogP contribution < -0.4 is 10.2 Å². The number of oxime groups is 1. The standard InChI is InChI=1S/C25H25N7O2S/c1-15(33)28-25-29-20-11-10-19-22(17-7-12-21(26-14-17)31(2)3)30-32(23(19)24(20)35-25)18-8-5-16(6-9-18)13-27-34-4/h5-9,12-14H,10-11H2,1-4H3,(H,28,29,33)/b27-13+. The molecule has 0 spiro atoms. The zero-order valence-electron chi connectivity index (χ0n) is 19.9. The van der Waals surface area contributed by atoms with Crippen molar-refractivity contribution in [2.24, 2.45) is 5.16 Å². The molecule has 10 heteroatoms. The van der Waals surface area contributed by atoms with Gasteiger partial charge in [-0.15, -0.1) is 0 Å². The summed E-state index contributed by atoms with van der Waals surface area (Å²) < 4.78 is 1.97. The fourth-order valence-electron chi connectivity index (χ4n) is 4.10. The van der Waals surface area contributed by atoms with Gasteiger partial charge in [0.25, 0.3) is 0 Å². The highest BCUT2D eigenvalue weighted by Gasteiger charge is 2.30. The fraction of sp³-hybridized carbons (Fsp3) is 0.240. The average Bonchev–Trinajstić information content (AvgIpc) is 3.43. The number of hydrogen-bond donors (Lipinski definition) is 1. The Labute approximate surface area is 207 Å². The monoisotopic (exact) mass is 487 g/mol. The molecule has 0 radical (unpaired) electrons. The van der Waals surface area contributed by atoms with Gasteiger partial charge in [-0.05, 0) is 42.7 Å². The van der Waals surface area contributed by atoms with Crippen molar-refractivity contribution in [2.45, 2.75) is 19.8 Å². The quantitative estimate of drug-likeness (QED) is 0.324. The Balaban J connectivity index is 1.65. The Kier molecular flexibility index (Phi) is 6.04. The number of nitrogens with one attached hydrogen (secondary N) is 1. The molecular formula is C25H25N7O2S. The Morgan fingerprint density at radius 3 is 2.66 bits per heavy atom. The minimum atomic E-state index is -0.133. The van der Waals surface area contributed by atoms with E-state index < -0.39 is 0 Å². The van der Waals surface area contributed by atoms with Crippen LogP contribution in [0.3, 0.4) is 0 Å². The lowest BCUT2D eigenvalue weighted by molar-refractivity contribution is -0.114. The molecule has 9 nitrogen and oxygen atoms in total. The van der Waals surface area contributed by atoms with Gasteiger partial charge < -0.3 is 15.1 Å². The van der Waals surface area contributed by atoms with Crippen molar-refractivity contribution in [3.63, 3.8) is 0 Å². The number of hydrogen-bond acceptors (Lipinski definition) is 8. The molecule has 3 heterocycles. The van der Waals surface area contributed by atoms with Gasteiger partial charge in [0.05, 0.1) is 33.9 Å². The molecule has 1 amide bonds. The summed E-state index contributed by atoms with van der Waals surface area (Å²) in [6, 6.07) is 12.0. The molecule has 35 heavy (non-hydrogen) atoms. The predicted molar refractivity (Wildman–Crippen MR) is 139 cm³/mol. The summed E-state index contributed by atoms with van der Waals surface area (Å²) in [5, 5.41) is 12.3. The summed E-state index contributed by atoms with van der Waals surface area (Å²) in [4.78, 5) is 28.7. The number of aryl methyl sites for hydroxylation is 1. The van der Waals surface area contributed by atoms with Gasteiger partial charge in [0, 0.05) is 38.3 Å². The molecule has 0 aliphatic heterocycles. The Morgan fingerprint density at radius 2 is 2.00 bits per heavy atom. The highest BCUT2D eigenvalue weighted by Crippen LogP contribution is 2.44. The third-order valence-corrected chi connectivity index (χ3v) is 6.73. The molecule has 0 atom stereocenters. The second-order valence-corrected chi connectivity index (χ2v) is 9.37. The zero-order chi connectivity index (χ0) is 24.5. The number of rotatable bonds is 6. The van der Waals surface area contributed by atoms with Gasteiger partial charge >= 0.3 is 0 Å². The van der Waals surface area contributed by atoms with Gasteiger partial charge in [-0.2, -0.15) is 5.10 Å². The number of carbonyl (C=O) groups excluding carboxylic acids is 1. The van der Waals surface area contributed by atoms with Crippen LogP contribution >= 0.6 is 11.3 Å².